The molecule has 1 aliphatic rings. The molecule has 0 N–H and O–H groups in total. The van der Waals surface area contributed by atoms with Crippen LogP contribution in [0.3, 0.4) is 0 Å². The fourth-order valence-electron chi connectivity index (χ4n) is 2.76. The molecule has 2 aromatic carbocycles. The SMILES string of the molecule is COC(=O)c1cccc(OC(C)C2CN(c3ccc(C#N)cc3)C(=O)O2)c1. The molecule has 138 valence electrons. The third kappa shape index (κ3) is 4.01. The second-order valence-corrected chi connectivity index (χ2v) is 6.03. The van der Waals surface area contributed by atoms with Crippen molar-refractivity contribution in [3.63, 3.8) is 0 Å². The van der Waals surface area contributed by atoms with Gasteiger partial charge in [0.1, 0.15) is 11.9 Å². The number of ether oxygens (including phenoxy) is 3. The number of carbonyl (C=O) groups excluding carboxylic acids is 2. The fraction of sp³-hybridized carbons (Fsp3) is 0.250. The molecule has 27 heavy (non-hydrogen) atoms. The molecule has 1 fully saturated rings. The minimum absolute atomic E-state index is 0.322. The van der Waals surface area contributed by atoms with Crippen molar-refractivity contribution in [2.24, 2.45) is 0 Å². The zero-order valence-electron chi connectivity index (χ0n) is 14.9. The summed E-state index contributed by atoms with van der Waals surface area (Å²) >= 11 is 0. The van der Waals surface area contributed by atoms with Crippen LogP contribution >= 0.6 is 0 Å². The summed E-state index contributed by atoms with van der Waals surface area (Å²) < 4.78 is 16.0. The third-order valence-electron chi connectivity index (χ3n) is 4.24. The summed E-state index contributed by atoms with van der Waals surface area (Å²) in [6, 6.07) is 15.4. The van der Waals surface area contributed by atoms with Crippen LogP contribution in [0.15, 0.2) is 48.5 Å². The van der Waals surface area contributed by atoms with Crippen LogP contribution in [0.2, 0.25) is 0 Å². The number of esters is 1. The fourth-order valence-corrected chi connectivity index (χ4v) is 2.76. The van der Waals surface area contributed by atoms with Crippen LogP contribution in [-0.4, -0.2) is 37.9 Å². The zero-order valence-corrected chi connectivity index (χ0v) is 14.9. The van der Waals surface area contributed by atoms with Crippen molar-refractivity contribution in [3.05, 3.63) is 59.7 Å². The van der Waals surface area contributed by atoms with Crippen molar-refractivity contribution in [1.82, 2.24) is 0 Å². The molecule has 1 saturated heterocycles. The summed E-state index contributed by atoms with van der Waals surface area (Å²) in [5.41, 5.74) is 1.55. The highest BCUT2D eigenvalue weighted by Gasteiger charge is 2.36. The second-order valence-electron chi connectivity index (χ2n) is 6.03. The maximum atomic E-state index is 12.2. The van der Waals surface area contributed by atoms with Crippen LogP contribution in [0.4, 0.5) is 10.5 Å². The number of methoxy groups -OCH3 is 1. The van der Waals surface area contributed by atoms with Crippen molar-refractivity contribution in [2.45, 2.75) is 19.1 Å². The predicted octanol–water partition coefficient (Wildman–Crippen LogP) is 3.14. The highest BCUT2D eigenvalue weighted by Crippen LogP contribution is 2.25. The molecule has 0 aromatic heterocycles. The Morgan fingerprint density at radius 3 is 2.70 bits per heavy atom. The molecule has 2 unspecified atom stereocenters. The molecule has 0 radical (unpaired) electrons. The molecule has 1 heterocycles. The van der Waals surface area contributed by atoms with Gasteiger partial charge in [-0.1, -0.05) is 6.07 Å². The topological polar surface area (TPSA) is 88.9 Å². The molecule has 1 amide bonds. The quantitative estimate of drug-likeness (QED) is 0.755. The number of hydrogen-bond acceptors (Lipinski definition) is 6. The Bertz CT molecular complexity index is 888. The van der Waals surface area contributed by atoms with Crippen LogP contribution in [0.25, 0.3) is 0 Å². The molecule has 0 spiro atoms. The standard InChI is InChI=1S/C20H18N2O5/c1-13(26-17-5-3-4-15(10-17)19(23)25-2)18-12-22(20(24)27-18)16-8-6-14(11-21)7-9-16/h3-10,13,18H,12H2,1-2H3. The first kappa shape index (κ1) is 18.3. The highest BCUT2D eigenvalue weighted by atomic mass is 16.6. The summed E-state index contributed by atoms with van der Waals surface area (Å²) in [6.45, 7) is 2.12. The Morgan fingerprint density at radius 2 is 2.04 bits per heavy atom. The maximum Gasteiger partial charge on any atom is 0.414 e. The van der Waals surface area contributed by atoms with E-state index >= 15 is 0 Å². The van der Waals surface area contributed by atoms with E-state index in [1.807, 2.05) is 6.07 Å². The van der Waals surface area contributed by atoms with Gasteiger partial charge < -0.3 is 14.2 Å². The van der Waals surface area contributed by atoms with Gasteiger partial charge in [0.15, 0.2) is 6.10 Å². The number of nitrogens with zero attached hydrogens (tertiary/aromatic N) is 2. The first-order valence-electron chi connectivity index (χ1n) is 8.35. The summed E-state index contributed by atoms with van der Waals surface area (Å²) in [4.78, 5) is 25.3. The molecule has 0 saturated carbocycles. The van der Waals surface area contributed by atoms with E-state index in [4.69, 9.17) is 19.5 Å². The number of hydrogen-bond donors (Lipinski definition) is 0. The molecular formula is C20H18N2O5. The Balaban J connectivity index is 1.67. The number of cyclic esters (lactones) is 1. The Kier molecular flexibility index (Phi) is 5.27. The average Bonchev–Trinajstić information content (AvgIpc) is 3.09. The lowest BCUT2D eigenvalue weighted by Gasteiger charge is -2.20. The number of anilines is 1. The van der Waals surface area contributed by atoms with Crippen molar-refractivity contribution in [3.8, 4) is 11.8 Å². The van der Waals surface area contributed by atoms with Gasteiger partial charge in [0.2, 0.25) is 0 Å². The highest BCUT2D eigenvalue weighted by molar-refractivity contribution is 5.90. The summed E-state index contributed by atoms with van der Waals surface area (Å²) in [5.74, 6) is 0.0330. The van der Waals surface area contributed by atoms with Gasteiger partial charge in [-0.2, -0.15) is 5.26 Å². The Labute approximate surface area is 156 Å². The monoisotopic (exact) mass is 366 g/mol. The number of carbonyl (C=O) groups is 2. The molecular weight excluding hydrogens is 348 g/mol. The number of rotatable bonds is 5. The minimum Gasteiger partial charge on any atom is -0.487 e. The lowest BCUT2D eigenvalue weighted by molar-refractivity contribution is 0.0570. The number of benzene rings is 2. The predicted molar refractivity (Wildman–Crippen MR) is 96.6 cm³/mol. The van der Waals surface area contributed by atoms with E-state index in [0.717, 1.165) is 0 Å². The van der Waals surface area contributed by atoms with Gasteiger partial charge in [-0.3, -0.25) is 4.90 Å². The van der Waals surface area contributed by atoms with Crippen molar-refractivity contribution >= 4 is 17.7 Å². The Hall–Kier alpha value is -3.53. The van der Waals surface area contributed by atoms with Crippen LogP contribution in [0.1, 0.15) is 22.8 Å². The van der Waals surface area contributed by atoms with Crippen molar-refractivity contribution in [2.75, 3.05) is 18.6 Å². The van der Waals surface area contributed by atoms with E-state index < -0.39 is 24.3 Å². The van der Waals surface area contributed by atoms with Crippen LogP contribution < -0.4 is 9.64 Å². The molecule has 0 aliphatic carbocycles. The third-order valence-corrected chi connectivity index (χ3v) is 4.24. The molecule has 7 nitrogen and oxygen atoms in total. The largest absolute Gasteiger partial charge is 0.487 e. The Morgan fingerprint density at radius 1 is 1.30 bits per heavy atom. The van der Waals surface area contributed by atoms with E-state index in [0.29, 0.717) is 29.1 Å². The van der Waals surface area contributed by atoms with Crippen molar-refractivity contribution in [1.29, 1.82) is 5.26 Å². The molecule has 3 rings (SSSR count). The van der Waals surface area contributed by atoms with Gasteiger partial charge in [-0.15, -0.1) is 0 Å². The molecule has 7 heteroatoms. The lowest BCUT2D eigenvalue weighted by atomic mass is 10.2. The number of amides is 1. The molecule has 0 bridgehead atoms. The first-order valence-corrected chi connectivity index (χ1v) is 8.35. The summed E-state index contributed by atoms with van der Waals surface area (Å²) in [5, 5.41) is 8.87. The smallest absolute Gasteiger partial charge is 0.414 e. The first-order chi connectivity index (χ1) is 13.0. The van der Waals surface area contributed by atoms with E-state index in [1.54, 1.807) is 55.5 Å². The minimum atomic E-state index is -0.477. The molecule has 2 aromatic rings. The van der Waals surface area contributed by atoms with Crippen molar-refractivity contribution < 1.29 is 23.8 Å². The van der Waals surface area contributed by atoms with Gasteiger partial charge in [0.25, 0.3) is 0 Å². The van der Waals surface area contributed by atoms with E-state index in [1.165, 1.54) is 12.0 Å². The van der Waals surface area contributed by atoms with Gasteiger partial charge in [0, 0.05) is 5.69 Å². The van der Waals surface area contributed by atoms with Crippen LogP contribution in [-0.2, 0) is 9.47 Å². The maximum absolute atomic E-state index is 12.2. The van der Waals surface area contributed by atoms with Gasteiger partial charge in [0.05, 0.1) is 30.9 Å². The average molecular weight is 366 g/mol. The van der Waals surface area contributed by atoms with E-state index in [2.05, 4.69) is 0 Å². The normalized spacial score (nSPS) is 17.0. The summed E-state index contributed by atoms with van der Waals surface area (Å²) in [6.07, 6.45) is -1.37. The van der Waals surface area contributed by atoms with E-state index in [-0.39, 0.29) is 0 Å². The van der Waals surface area contributed by atoms with E-state index in [9.17, 15) is 9.59 Å². The number of nitriles is 1. The van der Waals surface area contributed by atoms with Crippen LogP contribution in [0, 0.1) is 11.3 Å². The molecule has 1 aliphatic heterocycles. The summed E-state index contributed by atoms with van der Waals surface area (Å²) in [7, 11) is 1.31. The molecule has 2 atom stereocenters. The zero-order chi connectivity index (χ0) is 19.4. The van der Waals surface area contributed by atoms with Gasteiger partial charge >= 0.3 is 12.1 Å². The van der Waals surface area contributed by atoms with Crippen LogP contribution in [0.5, 0.6) is 5.75 Å². The van der Waals surface area contributed by atoms with Gasteiger partial charge in [-0.25, -0.2) is 9.59 Å². The van der Waals surface area contributed by atoms with Gasteiger partial charge in [-0.05, 0) is 49.4 Å². The lowest BCUT2D eigenvalue weighted by Crippen LogP contribution is -2.33. The second kappa shape index (κ2) is 7.79.